The van der Waals surface area contributed by atoms with Crippen molar-refractivity contribution in [3.05, 3.63) is 53.6 Å². The highest BCUT2D eigenvalue weighted by atomic mass is 127. The summed E-state index contributed by atoms with van der Waals surface area (Å²) in [6.07, 6.45) is 2.52. The number of aliphatic imine (C=N–C) groups is 1. The second-order valence-corrected chi connectivity index (χ2v) is 7.24. The van der Waals surface area contributed by atoms with Crippen molar-refractivity contribution in [1.82, 2.24) is 5.32 Å². The molecule has 1 saturated carbocycles. The van der Waals surface area contributed by atoms with Crippen LogP contribution in [0.3, 0.4) is 0 Å². The standard InChI is InChI=1S/C22H27N3O2.HI/c1-23-22(25-15-9-11-19(26-2)20(12-15)27-3)24-13-18-17-10-8-14-6-4-5-7-16(14)21(17)18;/h4-7,9,11-12,17-18,21H,8,10,13H2,1-3H3,(H2,23,24,25);1H. The molecule has 2 aliphatic rings. The van der Waals surface area contributed by atoms with Gasteiger partial charge in [-0.05, 0) is 53.9 Å². The van der Waals surface area contributed by atoms with Crippen LogP contribution in [0.5, 0.6) is 11.5 Å². The first-order chi connectivity index (χ1) is 13.2. The molecule has 6 heteroatoms. The average Bonchev–Trinajstić information content (AvgIpc) is 3.44. The predicted octanol–water partition coefficient (Wildman–Crippen LogP) is 4.29. The molecule has 0 aliphatic heterocycles. The molecule has 0 spiro atoms. The Morgan fingerprint density at radius 1 is 1.11 bits per heavy atom. The van der Waals surface area contributed by atoms with Crippen LogP contribution in [0.1, 0.15) is 23.5 Å². The van der Waals surface area contributed by atoms with Crippen molar-refractivity contribution in [1.29, 1.82) is 0 Å². The fourth-order valence-electron chi connectivity index (χ4n) is 4.43. The van der Waals surface area contributed by atoms with E-state index in [4.69, 9.17) is 9.47 Å². The smallest absolute Gasteiger partial charge is 0.195 e. The van der Waals surface area contributed by atoms with Gasteiger partial charge < -0.3 is 20.1 Å². The summed E-state index contributed by atoms with van der Waals surface area (Å²) in [7, 11) is 5.07. The first kappa shape index (κ1) is 20.8. The maximum Gasteiger partial charge on any atom is 0.195 e. The van der Waals surface area contributed by atoms with E-state index in [2.05, 4.69) is 39.9 Å². The molecule has 0 aromatic heterocycles. The third kappa shape index (κ3) is 4.06. The van der Waals surface area contributed by atoms with Gasteiger partial charge >= 0.3 is 0 Å². The van der Waals surface area contributed by atoms with Crippen molar-refractivity contribution in [3.63, 3.8) is 0 Å². The van der Waals surface area contributed by atoms with Gasteiger partial charge in [0.25, 0.3) is 0 Å². The van der Waals surface area contributed by atoms with Gasteiger partial charge in [0, 0.05) is 25.3 Å². The van der Waals surface area contributed by atoms with Gasteiger partial charge in [0.2, 0.25) is 0 Å². The Balaban J connectivity index is 0.00000225. The normalized spacial score (nSPS) is 22.2. The molecule has 1 fully saturated rings. The van der Waals surface area contributed by atoms with Crippen molar-refractivity contribution in [3.8, 4) is 11.5 Å². The zero-order chi connectivity index (χ0) is 18.8. The van der Waals surface area contributed by atoms with E-state index in [1.54, 1.807) is 26.8 Å². The first-order valence-corrected chi connectivity index (χ1v) is 9.52. The van der Waals surface area contributed by atoms with Crippen LogP contribution in [0.15, 0.2) is 47.5 Å². The van der Waals surface area contributed by atoms with Crippen LogP contribution >= 0.6 is 24.0 Å². The maximum absolute atomic E-state index is 5.37. The summed E-state index contributed by atoms with van der Waals surface area (Å²) in [6.45, 7) is 0.941. The molecule has 0 saturated heterocycles. The van der Waals surface area contributed by atoms with Crippen molar-refractivity contribution in [2.45, 2.75) is 18.8 Å². The number of guanidine groups is 1. The summed E-state index contributed by atoms with van der Waals surface area (Å²) >= 11 is 0. The highest BCUT2D eigenvalue weighted by Gasteiger charge is 2.52. The van der Waals surface area contributed by atoms with Crippen LogP contribution in [0, 0.1) is 11.8 Å². The number of benzene rings is 2. The Bertz CT molecular complexity index is 855. The van der Waals surface area contributed by atoms with Crippen LogP contribution in [0.25, 0.3) is 0 Å². The van der Waals surface area contributed by atoms with Crippen LogP contribution in [-0.4, -0.2) is 33.8 Å². The van der Waals surface area contributed by atoms with E-state index in [1.165, 1.54) is 18.4 Å². The summed E-state index contributed by atoms with van der Waals surface area (Å²) in [6, 6.07) is 14.7. The van der Waals surface area contributed by atoms with E-state index >= 15 is 0 Å². The number of rotatable bonds is 5. The number of fused-ring (bicyclic) bond motifs is 3. The lowest BCUT2D eigenvalue weighted by molar-refractivity contribution is 0.355. The highest BCUT2D eigenvalue weighted by Crippen LogP contribution is 2.59. The number of aryl methyl sites for hydroxylation is 1. The number of nitrogens with one attached hydrogen (secondary N) is 2. The molecule has 2 aromatic carbocycles. The van der Waals surface area contributed by atoms with E-state index in [0.29, 0.717) is 23.3 Å². The van der Waals surface area contributed by atoms with Gasteiger partial charge in [0.05, 0.1) is 14.2 Å². The Morgan fingerprint density at radius 3 is 2.64 bits per heavy atom. The molecule has 0 heterocycles. The molecule has 28 heavy (non-hydrogen) atoms. The molecule has 2 aromatic rings. The van der Waals surface area contributed by atoms with Gasteiger partial charge in [-0.25, -0.2) is 0 Å². The Morgan fingerprint density at radius 2 is 1.89 bits per heavy atom. The molecule has 5 nitrogen and oxygen atoms in total. The monoisotopic (exact) mass is 493 g/mol. The first-order valence-electron chi connectivity index (χ1n) is 9.52. The van der Waals surface area contributed by atoms with Gasteiger partial charge in [-0.3, -0.25) is 4.99 Å². The largest absolute Gasteiger partial charge is 0.493 e. The molecule has 3 atom stereocenters. The number of nitrogens with zero attached hydrogens (tertiary/aromatic N) is 1. The van der Waals surface area contributed by atoms with E-state index in [0.717, 1.165) is 24.1 Å². The Kier molecular flexibility index (Phi) is 6.69. The number of anilines is 1. The van der Waals surface area contributed by atoms with Crippen LogP contribution < -0.4 is 20.1 Å². The van der Waals surface area contributed by atoms with E-state index in [9.17, 15) is 0 Å². The van der Waals surface area contributed by atoms with E-state index in [1.807, 2.05) is 18.2 Å². The summed E-state index contributed by atoms with van der Waals surface area (Å²) in [5.74, 6) is 4.40. The number of halogens is 1. The van der Waals surface area contributed by atoms with Crippen molar-refractivity contribution in [2.75, 3.05) is 33.1 Å². The summed E-state index contributed by atoms with van der Waals surface area (Å²) in [4.78, 5) is 4.37. The number of methoxy groups -OCH3 is 2. The molecular formula is C22H28IN3O2. The van der Waals surface area contributed by atoms with Gasteiger partial charge in [0.1, 0.15) is 0 Å². The molecule has 3 unspecified atom stereocenters. The highest BCUT2D eigenvalue weighted by molar-refractivity contribution is 14.0. The van der Waals surface area contributed by atoms with Gasteiger partial charge in [-0.1, -0.05) is 24.3 Å². The molecule has 4 rings (SSSR count). The molecule has 2 aliphatic carbocycles. The van der Waals surface area contributed by atoms with Gasteiger partial charge in [-0.2, -0.15) is 0 Å². The minimum Gasteiger partial charge on any atom is -0.493 e. The minimum atomic E-state index is 0. The van der Waals surface area contributed by atoms with Crippen molar-refractivity contribution in [2.24, 2.45) is 16.8 Å². The summed E-state index contributed by atoms with van der Waals surface area (Å²) < 4.78 is 10.7. The van der Waals surface area contributed by atoms with Gasteiger partial charge in [-0.15, -0.1) is 24.0 Å². The Labute approximate surface area is 183 Å². The van der Waals surface area contributed by atoms with Crippen LogP contribution in [-0.2, 0) is 6.42 Å². The Hall–Kier alpha value is -1.96. The molecule has 0 radical (unpaired) electrons. The third-order valence-corrected chi connectivity index (χ3v) is 5.87. The van der Waals surface area contributed by atoms with Crippen molar-refractivity contribution < 1.29 is 9.47 Å². The maximum atomic E-state index is 5.37. The van der Waals surface area contributed by atoms with E-state index in [-0.39, 0.29) is 24.0 Å². The minimum absolute atomic E-state index is 0. The third-order valence-electron chi connectivity index (χ3n) is 5.87. The quantitative estimate of drug-likeness (QED) is 0.371. The second kappa shape index (κ2) is 9.03. The van der Waals surface area contributed by atoms with Crippen LogP contribution in [0.2, 0.25) is 0 Å². The summed E-state index contributed by atoms with van der Waals surface area (Å²) in [5.41, 5.74) is 4.01. The molecule has 0 bridgehead atoms. The fourth-order valence-corrected chi connectivity index (χ4v) is 4.43. The molecular weight excluding hydrogens is 465 g/mol. The topological polar surface area (TPSA) is 54.9 Å². The molecule has 2 N–H and O–H groups in total. The molecule has 0 amide bonds. The lowest BCUT2D eigenvalue weighted by atomic mass is 9.92. The van der Waals surface area contributed by atoms with E-state index < -0.39 is 0 Å². The lowest BCUT2D eigenvalue weighted by Gasteiger charge is -2.14. The number of hydrogen-bond acceptors (Lipinski definition) is 3. The van der Waals surface area contributed by atoms with Gasteiger partial charge in [0.15, 0.2) is 17.5 Å². The fraction of sp³-hybridized carbons (Fsp3) is 0.409. The summed E-state index contributed by atoms with van der Waals surface area (Å²) in [5, 5.41) is 6.84. The number of ether oxygens (including phenoxy) is 2. The second-order valence-electron chi connectivity index (χ2n) is 7.24. The van der Waals surface area contributed by atoms with Crippen molar-refractivity contribution >= 4 is 35.6 Å². The predicted molar refractivity (Wildman–Crippen MR) is 124 cm³/mol. The molecule has 150 valence electrons. The average molecular weight is 493 g/mol. The SMILES string of the molecule is CN=C(NCC1C2CCc3ccccc3C21)Nc1ccc(OC)c(OC)c1.I. The number of hydrogen-bond donors (Lipinski definition) is 2. The zero-order valence-electron chi connectivity index (χ0n) is 16.6. The van der Waals surface area contributed by atoms with Crippen LogP contribution in [0.4, 0.5) is 5.69 Å². The zero-order valence-corrected chi connectivity index (χ0v) is 18.9. The lowest BCUT2D eigenvalue weighted by Crippen LogP contribution is -2.32.